The third-order valence-corrected chi connectivity index (χ3v) is 3.99. The smallest absolute Gasteiger partial charge is 0.320 e. The van der Waals surface area contributed by atoms with Gasteiger partial charge in [0.2, 0.25) is 0 Å². The van der Waals surface area contributed by atoms with Crippen LogP contribution in [-0.2, 0) is 0 Å². The molecule has 1 aliphatic carbocycles. The minimum atomic E-state index is -0.322. The van der Waals surface area contributed by atoms with Crippen LogP contribution < -0.4 is 16.0 Å². The fourth-order valence-corrected chi connectivity index (χ4v) is 2.62. The molecule has 24 heavy (non-hydrogen) atoms. The number of carbonyl (C=O) groups excluding carboxylic acids is 2. The SMILES string of the molecule is CNC(=O)c1cccc(NC(=O)NC(c2ccccc2)C2CC2)n1. The van der Waals surface area contributed by atoms with E-state index in [1.807, 2.05) is 30.3 Å². The molecule has 0 aliphatic heterocycles. The topological polar surface area (TPSA) is 83.1 Å². The van der Waals surface area contributed by atoms with Crippen LogP contribution in [0.15, 0.2) is 48.5 Å². The zero-order valence-electron chi connectivity index (χ0n) is 13.5. The van der Waals surface area contributed by atoms with E-state index >= 15 is 0 Å². The minimum absolute atomic E-state index is 0.00618. The van der Waals surface area contributed by atoms with Gasteiger partial charge in [-0.25, -0.2) is 9.78 Å². The molecule has 3 rings (SSSR count). The Morgan fingerprint density at radius 3 is 2.50 bits per heavy atom. The number of aromatic nitrogens is 1. The molecule has 1 saturated carbocycles. The van der Waals surface area contributed by atoms with E-state index in [1.54, 1.807) is 18.2 Å². The molecular weight excluding hydrogens is 304 g/mol. The summed E-state index contributed by atoms with van der Waals surface area (Å²) in [6.45, 7) is 0. The molecule has 2 aromatic rings. The second kappa shape index (κ2) is 7.12. The largest absolute Gasteiger partial charge is 0.354 e. The molecule has 6 nitrogen and oxygen atoms in total. The summed E-state index contributed by atoms with van der Waals surface area (Å²) in [6, 6.07) is 14.5. The highest BCUT2D eigenvalue weighted by Gasteiger charge is 2.33. The predicted molar refractivity (Wildman–Crippen MR) is 91.7 cm³/mol. The standard InChI is InChI=1S/C18H20N4O2/c1-19-17(23)14-8-5-9-15(20-14)21-18(24)22-16(13-10-11-13)12-6-3-2-4-7-12/h2-9,13,16H,10-11H2,1H3,(H,19,23)(H2,20,21,22,24). The fraction of sp³-hybridized carbons (Fsp3) is 0.278. The highest BCUT2D eigenvalue weighted by Crippen LogP contribution is 2.40. The highest BCUT2D eigenvalue weighted by molar-refractivity contribution is 5.93. The molecule has 1 heterocycles. The van der Waals surface area contributed by atoms with Crippen molar-refractivity contribution in [3.05, 3.63) is 59.8 Å². The Morgan fingerprint density at radius 1 is 1.08 bits per heavy atom. The van der Waals surface area contributed by atoms with Crippen LogP contribution >= 0.6 is 0 Å². The van der Waals surface area contributed by atoms with Crippen molar-refractivity contribution in [1.29, 1.82) is 0 Å². The van der Waals surface area contributed by atoms with E-state index in [4.69, 9.17) is 0 Å². The molecule has 3 N–H and O–H groups in total. The molecule has 1 atom stereocenters. The summed E-state index contributed by atoms with van der Waals surface area (Å²) in [5.41, 5.74) is 1.36. The van der Waals surface area contributed by atoms with Crippen LogP contribution in [0.1, 0.15) is 34.9 Å². The van der Waals surface area contributed by atoms with Gasteiger partial charge in [-0.2, -0.15) is 0 Å². The summed E-state index contributed by atoms with van der Waals surface area (Å²) in [6.07, 6.45) is 2.23. The summed E-state index contributed by atoms with van der Waals surface area (Å²) < 4.78 is 0. The van der Waals surface area contributed by atoms with E-state index in [-0.39, 0.29) is 23.7 Å². The Morgan fingerprint density at radius 2 is 1.83 bits per heavy atom. The first kappa shape index (κ1) is 16.0. The summed E-state index contributed by atoms with van der Waals surface area (Å²) in [4.78, 5) is 28.1. The molecule has 0 bridgehead atoms. The number of anilines is 1. The number of amides is 3. The van der Waals surface area contributed by atoms with Crippen LogP contribution in [0.2, 0.25) is 0 Å². The Labute approximate surface area is 140 Å². The minimum Gasteiger partial charge on any atom is -0.354 e. The van der Waals surface area contributed by atoms with Crippen LogP contribution in [0.3, 0.4) is 0 Å². The lowest BCUT2D eigenvalue weighted by atomic mass is 10.0. The van der Waals surface area contributed by atoms with Crippen LogP contribution in [0.5, 0.6) is 0 Å². The maximum atomic E-state index is 12.3. The quantitative estimate of drug-likeness (QED) is 0.791. The van der Waals surface area contributed by atoms with Crippen LogP contribution in [0.25, 0.3) is 0 Å². The van der Waals surface area contributed by atoms with Gasteiger partial charge in [0.25, 0.3) is 5.91 Å². The van der Waals surface area contributed by atoms with Crippen molar-refractivity contribution in [2.24, 2.45) is 5.92 Å². The molecule has 0 spiro atoms. The van der Waals surface area contributed by atoms with E-state index in [2.05, 4.69) is 20.9 Å². The van der Waals surface area contributed by atoms with Crippen LogP contribution in [0.4, 0.5) is 10.6 Å². The third kappa shape index (κ3) is 3.90. The molecule has 1 fully saturated rings. The summed E-state index contributed by atoms with van der Waals surface area (Å²) in [5, 5.41) is 8.23. The van der Waals surface area contributed by atoms with Gasteiger partial charge in [0.05, 0.1) is 6.04 Å². The first-order valence-corrected chi connectivity index (χ1v) is 7.99. The van der Waals surface area contributed by atoms with Gasteiger partial charge in [-0.15, -0.1) is 0 Å². The zero-order valence-corrected chi connectivity index (χ0v) is 13.5. The number of hydrogen-bond donors (Lipinski definition) is 3. The van der Waals surface area contributed by atoms with Crippen molar-refractivity contribution in [2.45, 2.75) is 18.9 Å². The van der Waals surface area contributed by atoms with Gasteiger partial charge < -0.3 is 10.6 Å². The van der Waals surface area contributed by atoms with Gasteiger partial charge in [0, 0.05) is 7.05 Å². The van der Waals surface area contributed by atoms with Crippen molar-refractivity contribution in [1.82, 2.24) is 15.6 Å². The van der Waals surface area contributed by atoms with E-state index in [0.717, 1.165) is 18.4 Å². The zero-order chi connectivity index (χ0) is 16.9. The lowest BCUT2D eigenvalue weighted by Crippen LogP contribution is -2.34. The monoisotopic (exact) mass is 324 g/mol. The van der Waals surface area contributed by atoms with E-state index < -0.39 is 0 Å². The predicted octanol–water partition coefficient (Wildman–Crippen LogP) is 2.71. The normalized spacial score (nSPS) is 14.5. The van der Waals surface area contributed by atoms with Gasteiger partial charge in [-0.05, 0) is 36.5 Å². The van der Waals surface area contributed by atoms with E-state index in [9.17, 15) is 9.59 Å². The van der Waals surface area contributed by atoms with Crippen molar-refractivity contribution >= 4 is 17.8 Å². The number of nitrogens with one attached hydrogen (secondary N) is 3. The van der Waals surface area contributed by atoms with Crippen LogP contribution in [-0.4, -0.2) is 24.0 Å². The molecular formula is C18H20N4O2. The number of carbonyl (C=O) groups is 2. The lowest BCUT2D eigenvalue weighted by molar-refractivity contribution is 0.0958. The molecule has 1 aromatic heterocycles. The Balaban J connectivity index is 1.67. The maximum absolute atomic E-state index is 12.3. The molecule has 124 valence electrons. The number of urea groups is 1. The van der Waals surface area contributed by atoms with Crippen molar-refractivity contribution in [2.75, 3.05) is 12.4 Å². The number of nitrogens with zero attached hydrogens (tertiary/aromatic N) is 1. The van der Waals surface area contributed by atoms with Crippen LogP contribution in [0, 0.1) is 5.92 Å². The van der Waals surface area contributed by atoms with E-state index in [1.165, 1.54) is 7.05 Å². The number of rotatable bonds is 5. The fourth-order valence-electron chi connectivity index (χ4n) is 2.62. The van der Waals surface area contributed by atoms with Gasteiger partial charge in [-0.3, -0.25) is 10.1 Å². The molecule has 1 aliphatic rings. The molecule has 0 saturated heterocycles. The highest BCUT2D eigenvalue weighted by atomic mass is 16.2. The maximum Gasteiger partial charge on any atom is 0.320 e. The van der Waals surface area contributed by atoms with E-state index in [0.29, 0.717) is 11.7 Å². The second-order valence-corrected chi connectivity index (χ2v) is 5.81. The molecule has 1 unspecified atom stereocenters. The molecule has 1 aromatic carbocycles. The number of hydrogen-bond acceptors (Lipinski definition) is 3. The number of pyridine rings is 1. The average Bonchev–Trinajstić information content (AvgIpc) is 3.45. The van der Waals surface area contributed by atoms with Crippen molar-refractivity contribution in [3.63, 3.8) is 0 Å². The average molecular weight is 324 g/mol. The number of benzene rings is 1. The van der Waals surface area contributed by atoms with Crippen molar-refractivity contribution < 1.29 is 9.59 Å². The van der Waals surface area contributed by atoms with Crippen molar-refractivity contribution in [3.8, 4) is 0 Å². The molecule has 6 heteroatoms. The molecule has 3 amide bonds. The lowest BCUT2D eigenvalue weighted by Gasteiger charge is -2.19. The van der Waals surface area contributed by atoms with Gasteiger partial charge in [-0.1, -0.05) is 36.4 Å². The summed E-state index contributed by atoms with van der Waals surface area (Å²) >= 11 is 0. The Kier molecular flexibility index (Phi) is 4.74. The summed E-state index contributed by atoms with van der Waals surface area (Å²) in [5.74, 6) is 0.527. The molecule has 0 radical (unpaired) electrons. The first-order chi connectivity index (χ1) is 11.7. The second-order valence-electron chi connectivity index (χ2n) is 5.81. The van der Waals surface area contributed by atoms with Gasteiger partial charge in [0.1, 0.15) is 11.5 Å². The Hall–Kier alpha value is -2.89. The van der Waals surface area contributed by atoms with Gasteiger partial charge >= 0.3 is 6.03 Å². The first-order valence-electron chi connectivity index (χ1n) is 7.99. The summed E-state index contributed by atoms with van der Waals surface area (Å²) in [7, 11) is 1.54. The van der Waals surface area contributed by atoms with Gasteiger partial charge in [0.15, 0.2) is 0 Å². The Bertz CT molecular complexity index is 729. The third-order valence-electron chi connectivity index (χ3n) is 3.99.